The summed E-state index contributed by atoms with van der Waals surface area (Å²) in [7, 11) is 0. The van der Waals surface area contributed by atoms with Crippen LogP contribution in [-0.4, -0.2) is 12.6 Å². The zero-order chi connectivity index (χ0) is 14.4. The van der Waals surface area contributed by atoms with Gasteiger partial charge in [0, 0.05) is 6.42 Å². The fourth-order valence-electron chi connectivity index (χ4n) is 2.17. The molecule has 0 amide bonds. The Balaban J connectivity index is 1.96. The zero-order valence-corrected chi connectivity index (χ0v) is 12.0. The highest BCUT2D eigenvalue weighted by atomic mass is 16.5. The number of rotatable bonds is 5. The molecule has 0 spiro atoms. The number of hydrogen-bond acceptors (Lipinski definition) is 2. The number of hydrogen-bond donors (Lipinski definition) is 0. The maximum absolute atomic E-state index is 12.1. The molecule has 0 bridgehead atoms. The molecule has 0 aliphatic heterocycles. The normalized spacial score (nSPS) is 10.6. The molecule has 0 aliphatic carbocycles. The lowest BCUT2D eigenvalue weighted by molar-refractivity contribution is 0.0507. The number of esters is 1. The fraction of sp³-hybridized carbons (Fsp3) is 0.278. The van der Waals surface area contributed by atoms with Crippen molar-refractivity contribution in [2.75, 3.05) is 6.61 Å². The van der Waals surface area contributed by atoms with Crippen LogP contribution in [0, 0.1) is 0 Å². The average molecular weight is 268 g/mol. The Morgan fingerprint density at radius 1 is 1.00 bits per heavy atom. The first-order chi connectivity index (χ1) is 9.68. The quantitative estimate of drug-likeness (QED) is 0.759. The van der Waals surface area contributed by atoms with E-state index in [4.69, 9.17) is 4.74 Å². The predicted octanol–water partition coefficient (Wildman–Crippen LogP) is 4.21. The molecule has 0 N–H and O–H groups in total. The van der Waals surface area contributed by atoms with Gasteiger partial charge in [-0.2, -0.15) is 0 Å². The van der Waals surface area contributed by atoms with Crippen LogP contribution in [0.3, 0.4) is 0 Å². The topological polar surface area (TPSA) is 26.3 Å². The van der Waals surface area contributed by atoms with E-state index in [1.807, 2.05) is 54.6 Å². The molecular formula is C18H20O2. The summed E-state index contributed by atoms with van der Waals surface area (Å²) in [5.41, 5.74) is 2.89. The van der Waals surface area contributed by atoms with E-state index in [0.717, 1.165) is 12.0 Å². The largest absolute Gasteiger partial charge is 0.462 e. The third-order valence-corrected chi connectivity index (χ3v) is 3.27. The second-order valence-electron chi connectivity index (χ2n) is 5.11. The minimum Gasteiger partial charge on any atom is -0.462 e. The molecule has 0 aliphatic rings. The third-order valence-electron chi connectivity index (χ3n) is 3.27. The summed E-state index contributed by atoms with van der Waals surface area (Å²) in [5.74, 6) is 0.0816. The Hall–Kier alpha value is -2.09. The summed E-state index contributed by atoms with van der Waals surface area (Å²) >= 11 is 0. The SMILES string of the molecule is CC(C)c1ccccc1C(=O)OCCc1ccccc1. The van der Waals surface area contributed by atoms with Crippen LogP contribution in [0.1, 0.15) is 41.3 Å². The van der Waals surface area contributed by atoms with Crippen LogP contribution in [0.25, 0.3) is 0 Å². The molecule has 2 aromatic rings. The van der Waals surface area contributed by atoms with Crippen molar-refractivity contribution in [1.29, 1.82) is 0 Å². The van der Waals surface area contributed by atoms with Crippen molar-refractivity contribution in [3.63, 3.8) is 0 Å². The Kier molecular flexibility index (Phi) is 4.94. The average Bonchev–Trinajstić information content (AvgIpc) is 2.48. The van der Waals surface area contributed by atoms with Gasteiger partial charge in [-0.15, -0.1) is 0 Å². The molecule has 104 valence electrons. The maximum atomic E-state index is 12.1. The molecule has 0 fully saturated rings. The first-order valence-electron chi connectivity index (χ1n) is 6.98. The van der Waals surface area contributed by atoms with Gasteiger partial charge in [-0.1, -0.05) is 62.4 Å². The van der Waals surface area contributed by atoms with Gasteiger partial charge in [0.05, 0.1) is 12.2 Å². The highest BCUT2D eigenvalue weighted by Gasteiger charge is 2.14. The minimum atomic E-state index is -0.231. The number of ether oxygens (including phenoxy) is 1. The summed E-state index contributed by atoms with van der Waals surface area (Å²) in [5, 5.41) is 0. The molecule has 0 unspecified atom stereocenters. The smallest absolute Gasteiger partial charge is 0.338 e. The molecule has 2 nitrogen and oxygen atoms in total. The van der Waals surface area contributed by atoms with Crippen molar-refractivity contribution in [2.24, 2.45) is 0 Å². The van der Waals surface area contributed by atoms with Crippen LogP contribution in [-0.2, 0) is 11.2 Å². The van der Waals surface area contributed by atoms with Gasteiger partial charge in [-0.3, -0.25) is 0 Å². The van der Waals surface area contributed by atoms with Crippen molar-refractivity contribution >= 4 is 5.97 Å². The highest BCUT2D eigenvalue weighted by molar-refractivity contribution is 5.91. The summed E-state index contributed by atoms with van der Waals surface area (Å²) in [6.07, 6.45) is 0.746. The van der Waals surface area contributed by atoms with Crippen LogP contribution in [0.4, 0.5) is 0 Å². The predicted molar refractivity (Wildman–Crippen MR) is 81.0 cm³/mol. The van der Waals surface area contributed by atoms with Crippen molar-refractivity contribution in [1.82, 2.24) is 0 Å². The van der Waals surface area contributed by atoms with Gasteiger partial charge in [0.2, 0.25) is 0 Å². The molecule has 0 atom stereocenters. The molecule has 20 heavy (non-hydrogen) atoms. The van der Waals surface area contributed by atoms with Crippen LogP contribution < -0.4 is 0 Å². The van der Waals surface area contributed by atoms with E-state index in [0.29, 0.717) is 18.1 Å². The van der Waals surface area contributed by atoms with E-state index >= 15 is 0 Å². The molecule has 0 aromatic heterocycles. The lowest BCUT2D eigenvalue weighted by Gasteiger charge is -2.12. The number of carbonyl (C=O) groups is 1. The van der Waals surface area contributed by atoms with Crippen LogP contribution in [0.2, 0.25) is 0 Å². The fourth-order valence-corrected chi connectivity index (χ4v) is 2.17. The molecule has 0 saturated heterocycles. The lowest BCUT2D eigenvalue weighted by atomic mass is 9.97. The van der Waals surface area contributed by atoms with Crippen LogP contribution in [0.5, 0.6) is 0 Å². The number of carbonyl (C=O) groups excluding carboxylic acids is 1. The first-order valence-corrected chi connectivity index (χ1v) is 6.98. The van der Waals surface area contributed by atoms with Gasteiger partial charge in [-0.05, 0) is 23.1 Å². The second-order valence-corrected chi connectivity index (χ2v) is 5.11. The summed E-state index contributed by atoms with van der Waals surface area (Å²) in [6, 6.07) is 17.7. The molecule has 2 heteroatoms. The third kappa shape index (κ3) is 3.70. The van der Waals surface area contributed by atoms with Gasteiger partial charge in [0.25, 0.3) is 0 Å². The lowest BCUT2D eigenvalue weighted by Crippen LogP contribution is -2.11. The van der Waals surface area contributed by atoms with E-state index in [-0.39, 0.29) is 5.97 Å². The van der Waals surface area contributed by atoms with Gasteiger partial charge in [-0.25, -0.2) is 4.79 Å². The monoisotopic (exact) mass is 268 g/mol. The van der Waals surface area contributed by atoms with E-state index in [2.05, 4.69) is 13.8 Å². The summed E-state index contributed by atoms with van der Waals surface area (Å²) in [6.45, 7) is 4.57. The summed E-state index contributed by atoms with van der Waals surface area (Å²) in [4.78, 5) is 12.1. The van der Waals surface area contributed by atoms with E-state index in [1.54, 1.807) is 0 Å². The molecule has 2 rings (SSSR count). The number of benzene rings is 2. The van der Waals surface area contributed by atoms with Gasteiger partial charge < -0.3 is 4.74 Å². The Labute approximate surface area is 120 Å². The molecule has 0 saturated carbocycles. The first kappa shape index (κ1) is 14.3. The maximum Gasteiger partial charge on any atom is 0.338 e. The second kappa shape index (κ2) is 6.90. The molecule has 0 heterocycles. The van der Waals surface area contributed by atoms with Gasteiger partial charge >= 0.3 is 5.97 Å². The van der Waals surface area contributed by atoms with Crippen molar-refractivity contribution < 1.29 is 9.53 Å². The molecule has 0 radical (unpaired) electrons. The summed E-state index contributed by atoms with van der Waals surface area (Å²) < 4.78 is 5.38. The Bertz CT molecular complexity index is 559. The minimum absolute atomic E-state index is 0.231. The molecule has 2 aromatic carbocycles. The standard InChI is InChI=1S/C18H20O2/c1-14(2)16-10-6-7-11-17(16)18(19)20-13-12-15-8-4-3-5-9-15/h3-11,14H,12-13H2,1-2H3. The van der Waals surface area contributed by atoms with E-state index in [1.165, 1.54) is 5.56 Å². The molecular weight excluding hydrogens is 248 g/mol. The highest BCUT2D eigenvalue weighted by Crippen LogP contribution is 2.19. The van der Waals surface area contributed by atoms with Crippen LogP contribution >= 0.6 is 0 Å². The van der Waals surface area contributed by atoms with Gasteiger partial charge in [0.1, 0.15) is 0 Å². The van der Waals surface area contributed by atoms with Crippen molar-refractivity contribution in [3.8, 4) is 0 Å². The Morgan fingerprint density at radius 3 is 2.35 bits per heavy atom. The Morgan fingerprint density at radius 2 is 1.65 bits per heavy atom. The van der Waals surface area contributed by atoms with E-state index < -0.39 is 0 Å². The van der Waals surface area contributed by atoms with Crippen molar-refractivity contribution in [3.05, 3.63) is 71.3 Å². The zero-order valence-electron chi connectivity index (χ0n) is 12.0. The van der Waals surface area contributed by atoms with Gasteiger partial charge in [0.15, 0.2) is 0 Å². The van der Waals surface area contributed by atoms with E-state index in [9.17, 15) is 4.79 Å². The van der Waals surface area contributed by atoms with Crippen LogP contribution in [0.15, 0.2) is 54.6 Å². The van der Waals surface area contributed by atoms with Crippen molar-refractivity contribution in [2.45, 2.75) is 26.2 Å².